The van der Waals surface area contributed by atoms with E-state index in [4.69, 9.17) is 5.11 Å². The van der Waals surface area contributed by atoms with Gasteiger partial charge < -0.3 is 9.67 Å². The Morgan fingerprint density at radius 3 is 2.65 bits per heavy atom. The van der Waals surface area contributed by atoms with Gasteiger partial charge in [-0.2, -0.15) is 4.39 Å². The molecule has 0 fully saturated rings. The van der Waals surface area contributed by atoms with Gasteiger partial charge in [-0.25, -0.2) is 18.2 Å². The number of carbonyl (C=O) groups is 1. The van der Waals surface area contributed by atoms with Crippen LogP contribution in [0.2, 0.25) is 0 Å². The van der Waals surface area contributed by atoms with Crippen LogP contribution in [-0.4, -0.2) is 29.0 Å². The molecule has 0 aliphatic carbocycles. The quantitative estimate of drug-likeness (QED) is 0.822. The third-order valence-electron chi connectivity index (χ3n) is 2.49. The highest BCUT2D eigenvalue weighted by Crippen LogP contribution is 2.17. The Bertz CT molecular complexity index is 752. The summed E-state index contributed by atoms with van der Waals surface area (Å²) in [4.78, 5) is 14.0. The highest BCUT2D eigenvalue weighted by Gasteiger charge is 2.20. The molecule has 20 heavy (non-hydrogen) atoms. The van der Waals surface area contributed by atoms with E-state index in [0.29, 0.717) is 0 Å². The summed E-state index contributed by atoms with van der Waals surface area (Å²) >= 11 is 0. The standard InChI is InChI=1S/C11H10FN3O4S/c1-15-6-8(4-9(15)11(16)17)20(18,19)14-7-2-3-10(12)13-5-7/h2-6,14H,1H3,(H,16,17). The number of aromatic carboxylic acids is 1. The molecule has 0 radical (unpaired) electrons. The van der Waals surface area contributed by atoms with Crippen molar-refractivity contribution in [3.05, 3.63) is 42.2 Å². The van der Waals surface area contributed by atoms with E-state index < -0.39 is 21.9 Å². The summed E-state index contributed by atoms with van der Waals surface area (Å²) in [5, 5.41) is 8.88. The molecule has 2 N–H and O–H groups in total. The lowest BCUT2D eigenvalue weighted by molar-refractivity contribution is 0.0686. The van der Waals surface area contributed by atoms with Gasteiger partial charge in [-0.05, 0) is 18.2 Å². The van der Waals surface area contributed by atoms with Gasteiger partial charge in [-0.15, -0.1) is 0 Å². The van der Waals surface area contributed by atoms with E-state index in [1.54, 1.807) is 0 Å². The molecule has 0 saturated heterocycles. The highest BCUT2D eigenvalue weighted by atomic mass is 32.2. The van der Waals surface area contributed by atoms with Crippen molar-refractivity contribution in [3.8, 4) is 0 Å². The molecule has 0 spiro atoms. The van der Waals surface area contributed by atoms with Crippen LogP contribution in [0.5, 0.6) is 0 Å². The monoisotopic (exact) mass is 299 g/mol. The number of carboxylic acids is 1. The van der Waals surface area contributed by atoms with Crippen molar-refractivity contribution in [2.75, 3.05) is 4.72 Å². The lowest BCUT2D eigenvalue weighted by Crippen LogP contribution is -2.12. The van der Waals surface area contributed by atoms with Gasteiger partial charge in [-0.3, -0.25) is 4.72 Å². The third-order valence-corrected chi connectivity index (χ3v) is 3.84. The molecule has 7 nitrogen and oxygen atoms in total. The second-order valence-corrected chi connectivity index (χ2v) is 5.63. The summed E-state index contributed by atoms with van der Waals surface area (Å²) in [5.74, 6) is -1.97. The second-order valence-electron chi connectivity index (χ2n) is 3.95. The van der Waals surface area contributed by atoms with Crippen molar-refractivity contribution in [1.29, 1.82) is 0 Å². The molecule has 0 aliphatic rings. The van der Waals surface area contributed by atoms with Crippen LogP contribution in [0.1, 0.15) is 10.5 Å². The molecule has 0 atom stereocenters. The highest BCUT2D eigenvalue weighted by molar-refractivity contribution is 7.92. The number of anilines is 1. The first kappa shape index (κ1) is 14.0. The van der Waals surface area contributed by atoms with Crippen molar-refractivity contribution >= 4 is 21.7 Å². The fourth-order valence-corrected chi connectivity index (χ4v) is 2.66. The predicted octanol–water partition coefficient (Wildman–Crippen LogP) is 1.06. The number of hydrogen-bond donors (Lipinski definition) is 2. The van der Waals surface area contributed by atoms with Gasteiger partial charge in [0.1, 0.15) is 10.6 Å². The fourth-order valence-electron chi connectivity index (χ4n) is 1.54. The first-order valence-corrected chi connectivity index (χ1v) is 6.82. The number of sulfonamides is 1. The van der Waals surface area contributed by atoms with Crippen molar-refractivity contribution in [2.45, 2.75) is 4.90 Å². The molecule has 2 aromatic rings. The third kappa shape index (κ3) is 2.77. The van der Waals surface area contributed by atoms with E-state index in [2.05, 4.69) is 9.71 Å². The average molecular weight is 299 g/mol. The molecule has 9 heteroatoms. The number of carboxylic acid groups (broad SMARTS) is 1. The van der Waals surface area contributed by atoms with Gasteiger partial charge in [0, 0.05) is 13.2 Å². The van der Waals surface area contributed by atoms with Crippen molar-refractivity contribution < 1.29 is 22.7 Å². The maximum Gasteiger partial charge on any atom is 0.352 e. The smallest absolute Gasteiger partial charge is 0.352 e. The Labute approximate surface area is 113 Å². The summed E-state index contributed by atoms with van der Waals surface area (Å²) in [5.41, 5.74) is -0.0882. The number of nitrogens with zero attached hydrogens (tertiary/aromatic N) is 2. The Balaban J connectivity index is 2.33. The Hall–Kier alpha value is -2.42. The van der Waals surface area contributed by atoms with Crippen molar-refractivity contribution in [2.24, 2.45) is 7.05 Å². The summed E-state index contributed by atoms with van der Waals surface area (Å²) in [7, 11) is -2.54. The number of rotatable bonds is 4. The minimum Gasteiger partial charge on any atom is -0.477 e. The Kier molecular flexibility index (Phi) is 3.45. The van der Waals surface area contributed by atoms with Crippen LogP contribution in [0.25, 0.3) is 0 Å². The molecule has 0 saturated carbocycles. The zero-order valence-electron chi connectivity index (χ0n) is 10.2. The molecule has 0 amide bonds. The minimum atomic E-state index is -3.96. The predicted molar refractivity (Wildman–Crippen MR) is 67.4 cm³/mol. The molecule has 2 rings (SSSR count). The first-order chi connectivity index (χ1) is 9.29. The molecule has 2 heterocycles. The largest absolute Gasteiger partial charge is 0.477 e. The van der Waals surface area contributed by atoms with Crippen LogP contribution >= 0.6 is 0 Å². The Morgan fingerprint density at radius 2 is 2.15 bits per heavy atom. The van der Waals surface area contributed by atoms with E-state index in [-0.39, 0.29) is 16.3 Å². The maximum atomic E-state index is 12.6. The van der Waals surface area contributed by atoms with E-state index >= 15 is 0 Å². The number of aromatic nitrogens is 2. The zero-order valence-corrected chi connectivity index (χ0v) is 11.1. The van der Waals surface area contributed by atoms with Gasteiger partial charge in [0.05, 0.1) is 11.9 Å². The van der Waals surface area contributed by atoms with E-state index in [0.717, 1.165) is 18.3 Å². The van der Waals surface area contributed by atoms with Gasteiger partial charge in [0.2, 0.25) is 5.95 Å². The second kappa shape index (κ2) is 4.93. The molecular formula is C11H10FN3O4S. The molecule has 2 aromatic heterocycles. The van der Waals surface area contributed by atoms with Gasteiger partial charge >= 0.3 is 5.97 Å². The van der Waals surface area contributed by atoms with Crippen LogP contribution in [0, 0.1) is 5.95 Å². The topological polar surface area (TPSA) is 101 Å². The summed E-state index contributed by atoms with van der Waals surface area (Å²) in [6.07, 6.45) is 2.19. The van der Waals surface area contributed by atoms with E-state index in [9.17, 15) is 17.6 Å². The normalized spacial score (nSPS) is 11.3. The van der Waals surface area contributed by atoms with Crippen LogP contribution < -0.4 is 4.72 Å². The van der Waals surface area contributed by atoms with Crippen molar-refractivity contribution in [1.82, 2.24) is 9.55 Å². The fraction of sp³-hybridized carbons (Fsp3) is 0.0909. The lowest BCUT2D eigenvalue weighted by Gasteiger charge is -2.05. The van der Waals surface area contributed by atoms with Gasteiger partial charge in [-0.1, -0.05) is 0 Å². The molecule has 106 valence electrons. The summed E-state index contributed by atoms with van der Waals surface area (Å²) < 4.78 is 40.1. The number of halogens is 1. The molecule has 0 aromatic carbocycles. The molecule has 0 aliphatic heterocycles. The summed E-state index contributed by atoms with van der Waals surface area (Å²) in [6.45, 7) is 0. The molecular weight excluding hydrogens is 289 g/mol. The van der Waals surface area contributed by atoms with Crippen LogP contribution in [-0.2, 0) is 17.1 Å². The van der Waals surface area contributed by atoms with E-state index in [1.807, 2.05) is 0 Å². The van der Waals surface area contributed by atoms with Crippen LogP contribution in [0.15, 0.2) is 35.5 Å². The van der Waals surface area contributed by atoms with E-state index in [1.165, 1.54) is 23.9 Å². The lowest BCUT2D eigenvalue weighted by atomic mass is 10.4. The van der Waals surface area contributed by atoms with Crippen molar-refractivity contribution in [3.63, 3.8) is 0 Å². The molecule has 0 bridgehead atoms. The first-order valence-electron chi connectivity index (χ1n) is 5.33. The Morgan fingerprint density at radius 1 is 1.45 bits per heavy atom. The van der Waals surface area contributed by atoms with Gasteiger partial charge in [0.15, 0.2) is 0 Å². The average Bonchev–Trinajstić information content (AvgIpc) is 2.75. The summed E-state index contributed by atoms with van der Waals surface area (Å²) in [6, 6.07) is 3.24. The minimum absolute atomic E-state index is 0.0760. The van der Waals surface area contributed by atoms with Gasteiger partial charge in [0.25, 0.3) is 10.0 Å². The molecule has 0 unspecified atom stereocenters. The number of hydrogen-bond acceptors (Lipinski definition) is 4. The number of pyridine rings is 1. The number of aryl methyl sites for hydroxylation is 1. The number of nitrogens with one attached hydrogen (secondary N) is 1. The van der Waals surface area contributed by atoms with Crippen LogP contribution in [0.4, 0.5) is 10.1 Å². The SMILES string of the molecule is Cn1cc(S(=O)(=O)Nc2ccc(F)nc2)cc1C(=O)O. The zero-order chi connectivity index (χ0) is 14.9. The maximum absolute atomic E-state index is 12.6. The van der Waals surface area contributed by atoms with Crippen LogP contribution in [0.3, 0.4) is 0 Å².